The zero-order valence-corrected chi connectivity index (χ0v) is 18.2. The van der Waals surface area contributed by atoms with Crippen molar-refractivity contribution < 1.29 is 14.2 Å². The van der Waals surface area contributed by atoms with Gasteiger partial charge in [-0.15, -0.1) is 0 Å². The molecule has 0 unspecified atom stereocenters. The smallest absolute Gasteiger partial charge is 0.274 e. The zero-order chi connectivity index (χ0) is 21.3. The van der Waals surface area contributed by atoms with Gasteiger partial charge >= 0.3 is 0 Å². The second kappa shape index (κ2) is 8.08. The lowest BCUT2D eigenvalue weighted by Crippen LogP contribution is -2.23. The van der Waals surface area contributed by atoms with Crippen molar-refractivity contribution in [2.75, 3.05) is 0 Å². The molecular formula is C22H22BrFN2O3. The Bertz CT molecular complexity index is 1100. The average Bonchev–Trinajstić information content (AvgIpc) is 2.64. The van der Waals surface area contributed by atoms with Crippen molar-refractivity contribution in [1.82, 2.24) is 9.55 Å². The van der Waals surface area contributed by atoms with Gasteiger partial charge in [-0.25, -0.2) is 9.37 Å². The number of ether oxygens (including phenoxy) is 1. The summed E-state index contributed by atoms with van der Waals surface area (Å²) in [5, 5.41) is 10.1. The van der Waals surface area contributed by atoms with E-state index in [1.165, 1.54) is 10.6 Å². The summed E-state index contributed by atoms with van der Waals surface area (Å²) < 4.78 is 21.4. The Morgan fingerprint density at radius 3 is 2.52 bits per heavy atom. The van der Waals surface area contributed by atoms with Gasteiger partial charge < -0.3 is 9.84 Å². The standard InChI is InChI=1S/C22H22BrFN2O3/c1-13-5-6-15(17(24)9-13)12-29-18-10-14(2)26(21(27)20(18)23)19-8-7-16(11-25-19)22(3,4)28/h5-11,28H,12H2,1-4H3. The van der Waals surface area contributed by atoms with Crippen LogP contribution in [0.1, 0.15) is 36.2 Å². The summed E-state index contributed by atoms with van der Waals surface area (Å²) in [6.07, 6.45) is 1.54. The van der Waals surface area contributed by atoms with Gasteiger partial charge in [0.1, 0.15) is 28.5 Å². The molecule has 1 N–H and O–H groups in total. The average molecular weight is 461 g/mol. The number of aromatic nitrogens is 2. The van der Waals surface area contributed by atoms with E-state index in [1.807, 2.05) is 13.0 Å². The highest BCUT2D eigenvalue weighted by molar-refractivity contribution is 9.10. The Morgan fingerprint density at radius 1 is 1.21 bits per heavy atom. The van der Waals surface area contributed by atoms with Crippen LogP contribution in [0.25, 0.3) is 5.82 Å². The lowest BCUT2D eigenvalue weighted by Gasteiger charge is -2.18. The van der Waals surface area contributed by atoms with Crippen molar-refractivity contribution in [3.05, 3.63) is 85.6 Å². The van der Waals surface area contributed by atoms with E-state index in [1.54, 1.807) is 51.2 Å². The molecule has 0 aliphatic rings. The topological polar surface area (TPSA) is 64.3 Å². The van der Waals surface area contributed by atoms with E-state index < -0.39 is 5.60 Å². The van der Waals surface area contributed by atoms with E-state index in [0.717, 1.165) is 5.56 Å². The monoisotopic (exact) mass is 460 g/mol. The molecule has 0 atom stereocenters. The molecule has 0 saturated heterocycles. The summed E-state index contributed by atoms with van der Waals surface area (Å²) in [7, 11) is 0. The Hall–Kier alpha value is -2.51. The van der Waals surface area contributed by atoms with Crippen LogP contribution in [-0.4, -0.2) is 14.7 Å². The summed E-state index contributed by atoms with van der Waals surface area (Å²) in [5.74, 6) is 0.413. The first-order valence-electron chi connectivity index (χ1n) is 9.07. The van der Waals surface area contributed by atoms with Gasteiger partial charge in [0.05, 0.1) is 5.60 Å². The lowest BCUT2D eigenvalue weighted by atomic mass is 10.0. The Kier molecular flexibility index (Phi) is 5.91. The molecule has 2 aromatic heterocycles. The van der Waals surface area contributed by atoms with E-state index in [2.05, 4.69) is 20.9 Å². The molecule has 0 radical (unpaired) electrons. The summed E-state index contributed by atoms with van der Waals surface area (Å²) in [5.41, 5.74) is 1.14. The van der Waals surface area contributed by atoms with Crippen LogP contribution in [0.15, 0.2) is 51.9 Å². The minimum absolute atomic E-state index is 0.00609. The van der Waals surface area contributed by atoms with Gasteiger partial charge in [0, 0.05) is 29.1 Å². The molecule has 3 rings (SSSR count). The Morgan fingerprint density at radius 2 is 1.93 bits per heavy atom. The van der Waals surface area contributed by atoms with Crippen molar-refractivity contribution in [3.8, 4) is 11.6 Å². The lowest BCUT2D eigenvalue weighted by molar-refractivity contribution is 0.0782. The minimum Gasteiger partial charge on any atom is -0.487 e. The minimum atomic E-state index is -1.02. The molecule has 29 heavy (non-hydrogen) atoms. The number of halogens is 2. The maximum absolute atomic E-state index is 14.0. The maximum Gasteiger partial charge on any atom is 0.274 e. The highest BCUT2D eigenvalue weighted by atomic mass is 79.9. The van der Waals surface area contributed by atoms with Gasteiger partial charge in [-0.3, -0.25) is 9.36 Å². The zero-order valence-electron chi connectivity index (χ0n) is 16.7. The van der Waals surface area contributed by atoms with Crippen LogP contribution < -0.4 is 10.3 Å². The molecule has 5 nitrogen and oxygen atoms in total. The largest absolute Gasteiger partial charge is 0.487 e. The molecule has 2 heterocycles. The fourth-order valence-corrected chi connectivity index (χ4v) is 3.28. The third kappa shape index (κ3) is 4.57. The molecule has 0 amide bonds. The molecule has 0 saturated carbocycles. The van der Waals surface area contributed by atoms with Gasteiger partial charge in [-0.2, -0.15) is 0 Å². The molecule has 0 fully saturated rings. The third-order valence-electron chi connectivity index (χ3n) is 4.58. The number of nitrogens with zero attached hydrogens (tertiary/aromatic N) is 2. The van der Waals surface area contributed by atoms with Crippen molar-refractivity contribution in [2.24, 2.45) is 0 Å². The van der Waals surface area contributed by atoms with Gasteiger partial charge in [0.15, 0.2) is 0 Å². The van der Waals surface area contributed by atoms with Crippen LogP contribution in [0.5, 0.6) is 5.75 Å². The predicted molar refractivity (Wildman–Crippen MR) is 113 cm³/mol. The normalized spacial score (nSPS) is 11.6. The first kappa shape index (κ1) is 21.2. The van der Waals surface area contributed by atoms with Crippen molar-refractivity contribution in [2.45, 2.75) is 39.9 Å². The van der Waals surface area contributed by atoms with E-state index in [-0.39, 0.29) is 22.5 Å². The maximum atomic E-state index is 14.0. The van der Waals surface area contributed by atoms with Crippen LogP contribution >= 0.6 is 15.9 Å². The van der Waals surface area contributed by atoms with Gasteiger partial charge in [-0.05, 0) is 61.3 Å². The van der Waals surface area contributed by atoms with Gasteiger partial charge in [0.2, 0.25) is 0 Å². The summed E-state index contributed by atoms with van der Waals surface area (Å²) in [6.45, 7) is 6.92. The first-order chi connectivity index (χ1) is 13.6. The number of aliphatic hydroxyl groups is 1. The number of hydrogen-bond acceptors (Lipinski definition) is 4. The Balaban J connectivity index is 1.91. The number of hydrogen-bond donors (Lipinski definition) is 1. The Labute approximate surface area is 176 Å². The van der Waals surface area contributed by atoms with Crippen LogP contribution in [0.2, 0.25) is 0 Å². The van der Waals surface area contributed by atoms with E-state index >= 15 is 0 Å². The summed E-state index contributed by atoms with van der Waals surface area (Å²) in [4.78, 5) is 17.2. The highest BCUT2D eigenvalue weighted by Crippen LogP contribution is 2.26. The fraction of sp³-hybridized carbons (Fsp3) is 0.273. The summed E-state index contributed by atoms with van der Waals surface area (Å²) >= 11 is 3.29. The first-order valence-corrected chi connectivity index (χ1v) is 9.86. The fourth-order valence-electron chi connectivity index (χ4n) is 2.88. The van der Waals surface area contributed by atoms with E-state index in [4.69, 9.17) is 4.74 Å². The van der Waals surface area contributed by atoms with E-state index in [0.29, 0.717) is 28.4 Å². The second-order valence-corrected chi connectivity index (χ2v) is 8.25. The van der Waals surface area contributed by atoms with Gasteiger partial charge in [-0.1, -0.05) is 18.2 Å². The van der Waals surface area contributed by atoms with Crippen molar-refractivity contribution in [1.29, 1.82) is 0 Å². The molecule has 3 aromatic rings. The van der Waals surface area contributed by atoms with Crippen LogP contribution in [-0.2, 0) is 12.2 Å². The van der Waals surface area contributed by atoms with Crippen molar-refractivity contribution in [3.63, 3.8) is 0 Å². The van der Waals surface area contributed by atoms with E-state index in [9.17, 15) is 14.3 Å². The van der Waals surface area contributed by atoms with Crippen LogP contribution in [0.4, 0.5) is 4.39 Å². The molecule has 0 bridgehead atoms. The predicted octanol–water partition coefficient (Wildman–Crippen LogP) is 4.56. The molecule has 1 aromatic carbocycles. The van der Waals surface area contributed by atoms with Crippen LogP contribution in [0.3, 0.4) is 0 Å². The molecule has 0 spiro atoms. The third-order valence-corrected chi connectivity index (χ3v) is 5.31. The van der Waals surface area contributed by atoms with Gasteiger partial charge in [0.25, 0.3) is 5.56 Å². The molecule has 152 valence electrons. The number of benzene rings is 1. The van der Waals surface area contributed by atoms with Crippen LogP contribution in [0, 0.1) is 19.7 Å². The van der Waals surface area contributed by atoms with Crippen molar-refractivity contribution >= 4 is 15.9 Å². The number of rotatable bonds is 5. The molecule has 0 aliphatic heterocycles. The number of aryl methyl sites for hydroxylation is 2. The molecular weight excluding hydrogens is 439 g/mol. The summed E-state index contributed by atoms with van der Waals surface area (Å²) in [6, 6.07) is 10.0. The quantitative estimate of drug-likeness (QED) is 0.606. The second-order valence-electron chi connectivity index (χ2n) is 7.45. The number of pyridine rings is 2. The molecule has 0 aliphatic carbocycles. The highest BCUT2D eigenvalue weighted by Gasteiger charge is 2.18. The molecule has 7 heteroatoms. The SMILES string of the molecule is Cc1ccc(COc2cc(C)n(-c3ccc(C(C)(C)O)cn3)c(=O)c2Br)c(F)c1.